The molecule has 1 atom stereocenters. The summed E-state index contributed by atoms with van der Waals surface area (Å²) >= 11 is 0. The Labute approximate surface area is 125 Å². The van der Waals surface area contributed by atoms with Gasteiger partial charge in [0.05, 0.1) is 0 Å². The van der Waals surface area contributed by atoms with Crippen molar-refractivity contribution < 1.29 is 14.7 Å². The van der Waals surface area contributed by atoms with Gasteiger partial charge in [-0.25, -0.2) is 0 Å². The summed E-state index contributed by atoms with van der Waals surface area (Å²) in [7, 11) is 0. The lowest BCUT2D eigenvalue weighted by molar-refractivity contribution is -0.137. The predicted octanol–water partition coefficient (Wildman–Crippen LogP) is 2.94. The molecule has 1 aliphatic heterocycles. The molecule has 1 aromatic rings. The van der Waals surface area contributed by atoms with Crippen molar-refractivity contribution in [3.05, 3.63) is 34.4 Å². The molecule has 1 aliphatic rings. The van der Waals surface area contributed by atoms with Gasteiger partial charge in [0.15, 0.2) is 0 Å². The fourth-order valence-electron chi connectivity index (χ4n) is 3.26. The molecule has 0 radical (unpaired) electrons. The molecule has 1 unspecified atom stereocenters. The summed E-state index contributed by atoms with van der Waals surface area (Å²) in [6.07, 6.45) is 1.75. The van der Waals surface area contributed by atoms with E-state index in [9.17, 15) is 9.59 Å². The van der Waals surface area contributed by atoms with Crippen LogP contribution in [0, 0.1) is 26.7 Å². The lowest BCUT2D eigenvalue weighted by Gasteiger charge is -2.19. The van der Waals surface area contributed by atoms with Crippen LogP contribution in [0.3, 0.4) is 0 Å². The first kappa shape index (κ1) is 15.5. The molecule has 0 spiro atoms. The van der Waals surface area contributed by atoms with Crippen molar-refractivity contribution in [2.75, 3.05) is 13.1 Å². The van der Waals surface area contributed by atoms with Crippen molar-refractivity contribution in [3.63, 3.8) is 0 Å². The van der Waals surface area contributed by atoms with E-state index < -0.39 is 5.97 Å². The van der Waals surface area contributed by atoms with Crippen LogP contribution in [0.2, 0.25) is 0 Å². The van der Waals surface area contributed by atoms with E-state index in [2.05, 4.69) is 0 Å². The van der Waals surface area contributed by atoms with E-state index in [0.717, 1.165) is 29.7 Å². The number of carbonyl (C=O) groups is 2. The molecule has 2 rings (SSSR count). The van der Waals surface area contributed by atoms with Gasteiger partial charge >= 0.3 is 5.97 Å². The number of hydrogen-bond donors (Lipinski definition) is 1. The SMILES string of the molecule is Cc1cc(C)c(C(=O)N2CCC(CCC(=O)O)C2)c(C)c1. The average molecular weight is 289 g/mol. The molecule has 0 bridgehead atoms. The zero-order valence-corrected chi connectivity index (χ0v) is 13.0. The van der Waals surface area contributed by atoms with Gasteiger partial charge in [-0.1, -0.05) is 17.7 Å². The molecule has 1 fully saturated rings. The summed E-state index contributed by atoms with van der Waals surface area (Å²) in [6, 6.07) is 4.08. The predicted molar refractivity (Wildman–Crippen MR) is 81.5 cm³/mol. The topological polar surface area (TPSA) is 57.6 Å². The molecule has 1 amide bonds. The van der Waals surface area contributed by atoms with Gasteiger partial charge < -0.3 is 10.0 Å². The molecule has 4 nitrogen and oxygen atoms in total. The van der Waals surface area contributed by atoms with Crippen molar-refractivity contribution in [1.29, 1.82) is 0 Å². The van der Waals surface area contributed by atoms with Crippen LogP contribution >= 0.6 is 0 Å². The maximum Gasteiger partial charge on any atom is 0.303 e. The Bertz CT molecular complexity index is 542. The summed E-state index contributed by atoms with van der Waals surface area (Å²) in [5.74, 6) is -0.357. The first-order valence-corrected chi connectivity index (χ1v) is 7.47. The van der Waals surface area contributed by atoms with Crippen LogP contribution in [0.25, 0.3) is 0 Å². The summed E-state index contributed by atoms with van der Waals surface area (Å²) in [4.78, 5) is 25.2. The van der Waals surface area contributed by atoms with Crippen LogP contribution in [-0.4, -0.2) is 35.0 Å². The molecule has 1 aromatic carbocycles. The highest BCUT2D eigenvalue weighted by Gasteiger charge is 2.28. The molecular formula is C17H23NO3. The van der Waals surface area contributed by atoms with Gasteiger partial charge in [0.2, 0.25) is 0 Å². The highest BCUT2D eigenvalue weighted by Crippen LogP contribution is 2.25. The molecule has 21 heavy (non-hydrogen) atoms. The second kappa shape index (κ2) is 6.29. The number of carboxylic acids is 1. The fraction of sp³-hybridized carbons (Fsp3) is 0.529. The van der Waals surface area contributed by atoms with E-state index in [1.54, 1.807) is 0 Å². The third-order valence-corrected chi connectivity index (χ3v) is 4.23. The Hall–Kier alpha value is -1.84. The molecule has 1 saturated heterocycles. The Kier molecular flexibility index (Phi) is 4.66. The highest BCUT2D eigenvalue weighted by molar-refractivity contribution is 5.97. The van der Waals surface area contributed by atoms with E-state index in [1.807, 2.05) is 37.8 Å². The number of hydrogen-bond acceptors (Lipinski definition) is 2. The molecule has 1 N–H and O–H groups in total. The van der Waals surface area contributed by atoms with Crippen molar-refractivity contribution in [2.24, 2.45) is 5.92 Å². The first-order valence-electron chi connectivity index (χ1n) is 7.47. The number of carboxylic acid groups (broad SMARTS) is 1. The van der Waals surface area contributed by atoms with E-state index in [0.29, 0.717) is 18.9 Å². The van der Waals surface area contributed by atoms with Crippen LogP contribution in [-0.2, 0) is 4.79 Å². The van der Waals surface area contributed by atoms with Crippen LogP contribution in [0.4, 0.5) is 0 Å². The second-order valence-electron chi connectivity index (χ2n) is 6.11. The van der Waals surface area contributed by atoms with Gasteiger partial charge in [0, 0.05) is 25.1 Å². The van der Waals surface area contributed by atoms with E-state index in [-0.39, 0.29) is 12.3 Å². The Morgan fingerprint density at radius 1 is 1.24 bits per heavy atom. The normalized spacial score (nSPS) is 18.0. The minimum atomic E-state index is -0.759. The maximum absolute atomic E-state index is 12.7. The summed E-state index contributed by atoms with van der Waals surface area (Å²) in [6.45, 7) is 7.40. The van der Waals surface area contributed by atoms with Crippen LogP contribution in [0.1, 0.15) is 46.3 Å². The van der Waals surface area contributed by atoms with Crippen LogP contribution in [0.15, 0.2) is 12.1 Å². The molecule has 0 saturated carbocycles. The third kappa shape index (κ3) is 3.63. The lowest BCUT2D eigenvalue weighted by atomic mass is 9.98. The van der Waals surface area contributed by atoms with Crippen LogP contribution < -0.4 is 0 Å². The number of aliphatic carboxylic acids is 1. The van der Waals surface area contributed by atoms with Gasteiger partial charge in [-0.2, -0.15) is 0 Å². The first-order chi connectivity index (χ1) is 9.88. The molecular weight excluding hydrogens is 266 g/mol. The number of aryl methyl sites for hydroxylation is 3. The van der Waals surface area contributed by atoms with Crippen molar-refractivity contribution in [2.45, 2.75) is 40.0 Å². The smallest absolute Gasteiger partial charge is 0.303 e. The summed E-state index contributed by atoms with van der Waals surface area (Å²) in [5, 5.41) is 8.75. The van der Waals surface area contributed by atoms with Gasteiger partial charge in [-0.05, 0) is 50.7 Å². The minimum absolute atomic E-state index is 0.0859. The Balaban J connectivity index is 2.07. The third-order valence-electron chi connectivity index (χ3n) is 4.23. The fourth-order valence-corrected chi connectivity index (χ4v) is 3.26. The minimum Gasteiger partial charge on any atom is -0.481 e. The number of benzene rings is 1. The zero-order chi connectivity index (χ0) is 15.6. The number of amides is 1. The van der Waals surface area contributed by atoms with E-state index >= 15 is 0 Å². The van der Waals surface area contributed by atoms with Gasteiger partial charge in [0.1, 0.15) is 0 Å². The highest BCUT2D eigenvalue weighted by atomic mass is 16.4. The Morgan fingerprint density at radius 2 is 1.86 bits per heavy atom. The molecule has 0 aliphatic carbocycles. The van der Waals surface area contributed by atoms with Crippen molar-refractivity contribution >= 4 is 11.9 Å². The van der Waals surface area contributed by atoms with E-state index in [4.69, 9.17) is 5.11 Å². The molecule has 1 heterocycles. The van der Waals surface area contributed by atoms with Crippen LogP contribution in [0.5, 0.6) is 0 Å². The quantitative estimate of drug-likeness (QED) is 0.927. The van der Waals surface area contributed by atoms with Crippen molar-refractivity contribution in [3.8, 4) is 0 Å². The zero-order valence-electron chi connectivity index (χ0n) is 13.0. The summed E-state index contributed by atoms with van der Waals surface area (Å²) < 4.78 is 0. The van der Waals surface area contributed by atoms with Gasteiger partial charge in [0.25, 0.3) is 5.91 Å². The number of rotatable bonds is 4. The molecule has 4 heteroatoms. The number of likely N-dealkylation sites (tertiary alicyclic amines) is 1. The molecule has 114 valence electrons. The summed E-state index contributed by atoms with van der Waals surface area (Å²) in [5.41, 5.74) is 4.01. The number of nitrogens with zero attached hydrogens (tertiary/aromatic N) is 1. The van der Waals surface area contributed by atoms with E-state index in [1.165, 1.54) is 5.56 Å². The second-order valence-corrected chi connectivity index (χ2v) is 6.11. The maximum atomic E-state index is 12.7. The number of carbonyl (C=O) groups excluding carboxylic acids is 1. The molecule has 0 aromatic heterocycles. The monoisotopic (exact) mass is 289 g/mol. The van der Waals surface area contributed by atoms with Gasteiger partial charge in [-0.15, -0.1) is 0 Å². The van der Waals surface area contributed by atoms with Crippen molar-refractivity contribution in [1.82, 2.24) is 4.90 Å². The standard InChI is InChI=1S/C17H23NO3/c1-11-8-12(2)16(13(3)9-11)17(21)18-7-6-14(10-18)4-5-15(19)20/h8-9,14H,4-7,10H2,1-3H3,(H,19,20). The lowest BCUT2D eigenvalue weighted by Crippen LogP contribution is -2.30. The van der Waals surface area contributed by atoms with Gasteiger partial charge in [-0.3, -0.25) is 9.59 Å². The Morgan fingerprint density at radius 3 is 2.43 bits per heavy atom. The largest absolute Gasteiger partial charge is 0.481 e. The average Bonchev–Trinajstić information content (AvgIpc) is 2.83.